The summed E-state index contributed by atoms with van der Waals surface area (Å²) in [6.07, 6.45) is -2.89. The third-order valence-corrected chi connectivity index (χ3v) is 3.27. The summed E-state index contributed by atoms with van der Waals surface area (Å²) in [6, 6.07) is -1.35. The molecule has 23 heavy (non-hydrogen) atoms. The van der Waals surface area contributed by atoms with E-state index >= 15 is 0 Å². The van der Waals surface area contributed by atoms with E-state index in [1.807, 2.05) is 0 Å². The average molecular weight is 347 g/mol. The van der Waals surface area contributed by atoms with Crippen molar-refractivity contribution in [3.8, 4) is 0 Å². The quantitative estimate of drug-likeness (QED) is 0.304. The van der Waals surface area contributed by atoms with Crippen molar-refractivity contribution in [2.45, 2.75) is 69.2 Å². The number of hydrogen-bond donors (Lipinski definition) is 3. The van der Waals surface area contributed by atoms with Crippen LogP contribution >= 0.6 is 0 Å². The molecular formula is C14H22F5NO3. The highest BCUT2D eigenvalue weighted by atomic mass is 19.4. The van der Waals surface area contributed by atoms with Crippen molar-refractivity contribution in [1.29, 1.82) is 0 Å². The Labute approximate surface area is 131 Å². The van der Waals surface area contributed by atoms with Crippen LogP contribution in [0.15, 0.2) is 12.2 Å². The minimum Gasteiger partial charge on any atom is -0.480 e. The molecule has 0 bridgehead atoms. The van der Waals surface area contributed by atoms with E-state index in [1.165, 1.54) is 0 Å². The maximum Gasteiger partial charge on any atom is 0.453 e. The fourth-order valence-corrected chi connectivity index (χ4v) is 1.77. The minimum atomic E-state index is -5.50. The molecule has 0 aromatic heterocycles. The summed E-state index contributed by atoms with van der Waals surface area (Å²) in [5.74, 6) is -5.93. The Hall–Kier alpha value is -1.22. The Morgan fingerprint density at radius 1 is 1.04 bits per heavy atom. The van der Waals surface area contributed by atoms with Gasteiger partial charge in [0.15, 0.2) is 0 Å². The highest BCUT2D eigenvalue weighted by molar-refractivity contribution is 5.73. The molecular weight excluding hydrogens is 325 g/mol. The van der Waals surface area contributed by atoms with E-state index in [4.69, 9.17) is 10.8 Å². The van der Waals surface area contributed by atoms with Crippen LogP contribution in [0.25, 0.3) is 0 Å². The van der Waals surface area contributed by atoms with Gasteiger partial charge in [-0.25, -0.2) is 0 Å². The molecule has 0 aromatic rings. The van der Waals surface area contributed by atoms with Crippen molar-refractivity contribution in [2.75, 3.05) is 0 Å². The number of carboxylic acids is 1. The number of carbonyl (C=O) groups is 1. The number of unbranched alkanes of at least 4 members (excludes halogenated alkanes) is 3. The van der Waals surface area contributed by atoms with Crippen molar-refractivity contribution in [3.05, 3.63) is 12.2 Å². The first-order valence-corrected chi connectivity index (χ1v) is 7.25. The van der Waals surface area contributed by atoms with Crippen LogP contribution < -0.4 is 5.73 Å². The zero-order chi connectivity index (χ0) is 18.1. The third-order valence-electron chi connectivity index (χ3n) is 3.27. The second-order valence-corrected chi connectivity index (χ2v) is 5.28. The molecule has 0 heterocycles. The summed E-state index contributed by atoms with van der Waals surface area (Å²) in [5.41, 5.74) is 5.21. The lowest BCUT2D eigenvalue weighted by atomic mass is 10.1. The molecule has 0 fully saturated rings. The van der Waals surface area contributed by atoms with Crippen LogP contribution in [-0.4, -0.2) is 40.4 Å². The highest BCUT2D eigenvalue weighted by Crippen LogP contribution is 2.39. The van der Waals surface area contributed by atoms with Crippen LogP contribution in [-0.2, 0) is 4.79 Å². The van der Waals surface area contributed by atoms with Crippen molar-refractivity contribution in [1.82, 2.24) is 0 Å². The molecule has 4 N–H and O–H groups in total. The van der Waals surface area contributed by atoms with Gasteiger partial charge in [-0.2, -0.15) is 22.0 Å². The molecule has 0 aliphatic heterocycles. The van der Waals surface area contributed by atoms with Gasteiger partial charge in [0, 0.05) is 6.42 Å². The molecule has 0 radical (unpaired) electrons. The van der Waals surface area contributed by atoms with Crippen molar-refractivity contribution in [2.24, 2.45) is 5.73 Å². The van der Waals surface area contributed by atoms with E-state index in [1.54, 1.807) is 12.2 Å². The van der Waals surface area contributed by atoms with Crippen molar-refractivity contribution in [3.63, 3.8) is 0 Å². The Morgan fingerprint density at radius 2 is 1.61 bits per heavy atom. The number of alkyl halides is 5. The topological polar surface area (TPSA) is 83.6 Å². The van der Waals surface area contributed by atoms with Gasteiger partial charge < -0.3 is 15.9 Å². The highest BCUT2D eigenvalue weighted by Gasteiger charge is 2.56. The monoisotopic (exact) mass is 347 g/mol. The first-order chi connectivity index (χ1) is 10.5. The van der Waals surface area contributed by atoms with E-state index < -0.39 is 36.6 Å². The number of aliphatic hydroxyl groups excluding tert-OH is 1. The van der Waals surface area contributed by atoms with Crippen LogP contribution in [0.3, 0.4) is 0 Å². The molecule has 0 rings (SSSR count). The van der Waals surface area contributed by atoms with E-state index in [0.717, 1.165) is 0 Å². The summed E-state index contributed by atoms with van der Waals surface area (Å²) in [6.45, 7) is 0. The van der Waals surface area contributed by atoms with Gasteiger partial charge in [-0.05, 0) is 32.1 Å². The molecule has 0 aliphatic carbocycles. The van der Waals surface area contributed by atoms with Gasteiger partial charge in [-0.1, -0.05) is 18.6 Å². The normalized spacial score (nSPS) is 15.8. The van der Waals surface area contributed by atoms with Crippen molar-refractivity contribution >= 4 is 5.97 Å². The van der Waals surface area contributed by atoms with Crippen molar-refractivity contribution < 1.29 is 37.0 Å². The molecule has 2 unspecified atom stereocenters. The standard InChI is InChI=1S/C14H22F5NO3/c15-13(16,14(17,18)19)9-7-5-3-1-2-4-6-8-10(21)11(20)12(22)23/h2,4,10-11,21H,1,3,5-9,20H2,(H,22,23)/b4-2+. The van der Waals surface area contributed by atoms with Crippen LogP contribution in [0.1, 0.15) is 44.9 Å². The SMILES string of the molecule is NC(C(=O)O)C(O)CC/C=C/CCCCCC(F)(F)C(F)(F)F. The molecule has 2 atom stereocenters. The molecule has 136 valence electrons. The van der Waals surface area contributed by atoms with Gasteiger partial charge in [-0.3, -0.25) is 4.79 Å². The Bertz CT molecular complexity index is 385. The molecule has 0 saturated heterocycles. The van der Waals surface area contributed by atoms with E-state index in [0.29, 0.717) is 19.3 Å². The average Bonchev–Trinajstić information content (AvgIpc) is 2.42. The summed E-state index contributed by atoms with van der Waals surface area (Å²) < 4.78 is 60.9. The Balaban J connectivity index is 3.72. The minimum absolute atomic E-state index is 0.168. The predicted octanol–water partition coefficient (Wildman–Crippen LogP) is 3.24. The lowest BCUT2D eigenvalue weighted by Gasteiger charge is -2.19. The maximum atomic E-state index is 12.6. The second-order valence-electron chi connectivity index (χ2n) is 5.28. The first-order valence-electron chi connectivity index (χ1n) is 7.25. The number of rotatable bonds is 11. The van der Waals surface area contributed by atoms with E-state index in [9.17, 15) is 31.9 Å². The van der Waals surface area contributed by atoms with E-state index in [-0.39, 0.29) is 19.3 Å². The zero-order valence-corrected chi connectivity index (χ0v) is 12.5. The molecule has 9 heteroatoms. The molecule has 0 amide bonds. The molecule has 0 aliphatic rings. The number of aliphatic carboxylic acids is 1. The van der Waals surface area contributed by atoms with Crippen LogP contribution in [0.4, 0.5) is 22.0 Å². The van der Waals surface area contributed by atoms with Gasteiger partial charge in [0.25, 0.3) is 0 Å². The van der Waals surface area contributed by atoms with Gasteiger partial charge in [0.2, 0.25) is 0 Å². The molecule has 0 saturated carbocycles. The number of aliphatic hydroxyl groups is 1. The number of carboxylic acid groups (broad SMARTS) is 1. The number of allylic oxidation sites excluding steroid dienone is 2. The maximum absolute atomic E-state index is 12.6. The van der Waals surface area contributed by atoms with Crippen LogP contribution in [0, 0.1) is 0 Å². The smallest absolute Gasteiger partial charge is 0.453 e. The summed E-state index contributed by atoms with van der Waals surface area (Å²) in [7, 11) is 0. The largest absolute Gasteiger partial charge is 0.480 e. The summed E-state index contributed by atoms with van der Waals surface area (Å²) >= 11 is 0. The number of hydrogen-bond acceptors (Lipinski definition) is 3. The van der Waals surface area contributed by atoms with Gasteiger partial charge in [-0.15, -0.1) is 0 Å². The molecule has 0 aromatic carbocycles. The fraction of sp³-hybridized carbons (Fsp3) is 0.786. The van der Waals surface area contributed by atoms with Crippen LogP contribution in [0.5, 0.6) is 0 Å². The van der Waals surface area contributed by atoms with Gasteiger partial charge in [0.05, 0.1) is 6.10 Å². The fourth-order valence-electron chi connectivity index (χ4n) is 1.77. The van der Waals surface area contributed by atoms with Crippen LogP contribution in [0.2, 0.25) is 0 Å². The molecule has 0 spiro atoms. The van der Waals surface area contributed by atoms with E-state index in [2.05, 4.69) is 0 Å². The summed E-state index contributed by atoms with van der Waals surface area (Å²) in [5, 5.41) is 18.0. The Morgan fingerprint density at radius 3 is 2.13 bits per heavy atom. The molecule has 4 nitrogen and oxygen atoms in total. The Kier molecular flexibility index (Phi) is 9.29. The summed E-state index contributed by atoms with van der Waals surface area (Å²) in [4.78, 5) is 10.5. The lowest BCUT2D eigenvalue weighted by Crippen LogP contribution is -2.41. The van der Waals surface area contributed by atoms with Gasteiger partial charge in [0.1, 0.15) is 6.04 Å². The number of nitrogens with two attached hydrogens (primary N) is 1. The third kappa shape index (κ3) is 8.85. The van der Waals surface area contributed by atoms with Gasteiger partial charge >= 0.3 is 18.1 Å². The first kappa shape index (κ1) is 21.8. The zero-order valence-electron chi connectivity index (χ0n) is 12.5. The second kappa shape index (κ2) is 9.82. The predicted molar refractivity (Wildman–Crippen MR) is 74.1 cm³/mol. The number of halogens is 5. The lowest BCUT2D eigenvalue weighted by molar-refractivity contribution is -0.284.